The lowest BCUT2D eigenvalue weighted by Gasteiger charge is -2.06. The van der Waals surface area contributed by atoms with E-state index in [1.807, 2.05) is 19.1 Å². The average molecular weight is 379 g/mol. The molecule has 0 saturated heterocycles. The van der Waals surface area contributed by atoms with Crippen LogP contribution in [-0.2, 0) is 11.2 Å². The van der Waals surface area contributed by atoms with Crippen molar-refractivity contribution >= 4 is 17.8 Å². The first-order valence-corrected chi connectivity index (χ1v) is 8.79. The number of anilines is 1. The number of aromatic nitrogens is 3. The summed E-state index contributed by atoms with van der Waals surface area (Å²) in [5.41, 5.74) is 3.34. The number of carbonyl (C=O) groups is 2. The molecule has 0 aliphatic carbocycles. The topological polar surface area (TPSA) is 120 Å². The predicted molar refractivity (Wildman–Crippen MR) is 105 cm³/mol. The van der Waals surface area contributed by atoms with Crippen LogP contribution >= 0.6 is 0 Å². The van der Waals surface area contributed by atoms with Gasteiger partial charge in [-0.3, -0.25) is 14.9 Å². The van der Waals surface area contributed by atoms with Crippen LogP contribution < -0.4 is 10.6 Å². The summed E-state index contributed by atoms with van der Waals surface area (Å²) in [7, 11) is 0. The van der Waals surface area contributed by atoms with E-state index >= 15 is 0 Å². The van der Waals surface area contributed by atoms with Crippen LogP contribution in [0.25, 0.3) is 11.3 Å². The second-order valence-electron chi connectivity index (χ2n) is 6.34. The Hall–Kier alpha value is -3.68. The molecule has 0 bridgehead atoms. The lowest BCUT2D eigenvalue weighted by atomic mass is 10.1. The zero-order valence-electron chi connectivity index (χ0n) is 15.6. The number of phenolic OH excluding ortho intramolecular Hbond substituents is 1. The minimum Gasteiger partial charge on any atom is -0.508 e. The molecule has 0 aliphatic heterocycles. The maximum atomic E-state index is 12.4. The molecule has 0 saturated carbocycles. The SMILES string of the molecule is CC(=O)Nc1ncc(C)c(-c2c[nH]c(C(=O)NCCc3ccccc3O)c2)n1. The summed E-state index contributed by atoms with van der Waals surface area (Å²) in [6.45, 7) is 3.63. The molecule has 1 aromatic carbocycles. The molecule has 8 heteroatoms. The number of aromatic hydroxyl groups is 1. The van der Waals surface area contributed by atoms with Gasteiger partial charge in [0.25, 0.3) is 5.91 Å². The Kier molecular flexibility index (Phi) is 5.69. The first-order valence-electron chi connectivity index (χ1n) is 8.79. The number of amides is 2. The molecule has 0 unspecified atom stereocenters. The summed E-state index contributed by atoms with van der Waals surface area (Å²) in [5, 5.41) is 15.1. The number of hydrogen-bond acceptors (Lipinski definition) is 5. The molecule has 8 nitrogen and oxygen atoms in total. The van der Waals surface area contributed by atoms with Crippen molar-refractivity contribution in [3.63, 3.8) is 0 Å². The first-order chi connectivity index (χ1) is 13.4. The van der Waals surface area contributed by atoms with Gasteiger partial charge in [-0.15, -0.1) is 0 Å². The van der Waals surface area contributed by atoms with Gasteiger partial charge in [0.1, 0.15) is 11.4 Å². The second kappa shape index (κ2) is 8.34. The molecule has 0 fully saturated rings. The molecule has 0 spiro atoms. The summed E-state index contributed by atoms with van der Waals surface area (Å²) < 4.78 is 0. The number of hydrogen-bond donors (Lipinski definition) is 4. The van der Waals surface area contributed by atoms with Gasteiger partial charge in [-0.25, -0.2) is 9.97 Å². The molecule has 0 atom stereocenters. The zero-order chi connectivity index (χ0) is 20.1. The van der Waals surface area contributed by atoms with Gasteiger partial charge in [0.2, 0.25) is 11.9 Å². The normalized spacial score (nSPS) is 10.5. The Bertz CT molecular complexity index is 1010. The van der Waals surface area contributed by atoms with E-state index in [4.69, 9.17) is 0 Å². The van der Waals surface area contributed by atoms with Gasteiger partial charge in [-0.1, -0.05) is 18.2 Å². The fraction of sp³-hybridized carbons (Fsp3) is 0.200. The highest BCUT2D eigenvalue weighted by Crippen LogP contribution is 2.23. The highest BCUT2D eigenvalue weighted by Gasteiger charge is 2.13. The third kappa shape index (κ3) is 4.53. The molecule has 144 valence electrons. The molecule has 4 N–H and O–H groups in total. The molecule has 3 aromatic rings. The van der Waals surface area contributed by atoms with Gasteiger partial charge >= 0.3 is 0 Å². The number of carbonyl (C=O) groups excluding carboxylic acids is 2. The molecule has 3 rings (SSSR count). The smallest absolute Gasteiger partial charge is 0.267 e. The molecular weight excluding hydrogens is 358 g/mol. The zero-order valence-corrected chi connectivity index (χ0v) is 15.6. The molecule has 2 heterocycles. The number of aryl methyl sites for hydroxylation is 1. The van der Waals surface area contributed by atoms with E-state index in [1.54, 1.807) is 30.6 Å². The molecular formula is C20H21N5O3. The maximum absolute atomic E-state index is 12.4. The van der Waals surface area contributed by atoms with Crippen LogP contribution in [0.5, 0.6) is 5.75 Å². The highest BCUT2D eigenvalue weighted by atomic mass is 16.3. The standard InChI is InChI=1S/C20H21N5O3/c1-12-10-23-20(24-13(2)26)25-18(12)15-9-16(22-11-15)19(28)21-8-7-14-5-3-4-6-17(14)27/h3-6,9-11,22,27H,7-8H2,1-2H3,(H,21,28)(H,23,24,25,26). The Morgan fingerprint density at radius 3 is 2.79 bits per heavy atom. The van der Waals surface area contributed by atoms with Crippen molar-refractivity contribution < 1.29 is 14.7 Å². The number of para-hydroxylation sites is 1. The van der Waals surface area contributed by atoms with Crippen LogP contribution in [0.3, 0.4) is 0 Å². The van der Waals surface area contributed by atoms with Crippen molar-refractivity contribution in [3.05, 3.63) is 59.5 Å². The Morgan fingerprint density at radius 1 is 1.25 bits per heavy atom. The summed E-state index contributed by atoms with van der Waals surface area (Å²) in [6, 6.07) is 8.73. The van der Waals surface area contributed by atoms with E-state index in [-0.39, 0.29) is 23.5 Å². The number of aromatic amines is 1. The quantitative estimate of drug-likeness (QED) is 0.524. The summed E-state index contributed by atoms with van der Waals surface area (Å²) in [4.78, 5) is 34.9. The molecule has 0 aliphatic rings. The second-order valence-corrected chi connectivity index (χ2v) is 6.34. The minimum atomic E-state index is -0.256. The Balaban J connectivity index is 1.67. The van der Waals surface area contributed by atoms with Crippen molar-refractivity contribution in [2.75, 3.05) is 11.9 Å². The van der Waals surface area contributed by atoms with E-state index in [1.165, 1.54) is 6.92 Å². The van der Waals surface area contributed by atoms with Gasteiger partial charge in [0.15, 0.2) is 0 Å². The molecule has 2 amide bonds. The number of nitrogens with one attached hydrogen (secondary N) is 3. The lowest BCUT2D eigenvalue weighted by molar-refractivity contribution is -0.114. The fourth-order valence-electron chi connectivity index (χ4n) is 2.74. The summed E-state index contributed by atoms with van der Waals surface area (Å²) in [5.74, 6) is -0.0834. The molecule has 2 aromatic heterocycles. The van der Waals surface area contributed by atoms with Crippen LogP contribution in [0, 0.1) is 6.92 Å². The van der Waals surface area contributed by atoms with E-state index in [9.17, 15) is 14.7 Å². The van der Waals surface area contributed by atoms with Crippen molar-refractivity contribution in [1.82, 2.24) is 20.3 Å². The van der Waals surface area contributed by atoms with Crippen molar-refractivity contribution in [3.8, 4) is 17.0 Å². The number of nitrogens with zero attached hydrogens (tertiary/aromatic N) is 2. The first kappa shape index (κ1) is 19.1. The monoisotopic (exact) mass is 379 g/mol. The summed E-state index contributed by atoms with van der Waals surface area (Å²) in [6.07, 6.45) is 3.83. The van der Waals surface area contributed by atoms with Crippen LogP contribution in [-0.4, -0.2) is 38.4 Å². The lowest BCUT2D eigenvalue weighted by Crippen LogP contribution is -2.25. The van der Waals surface area contributed by atoms with E-state index in [2.05, 4.69) is 25.6 Å². The van der Waals surface area contributed by atoms with Gasteiger partial charge in [0.05, 0.1) is 5.69 Å². The number of phenols is 1. The molecule has 0 radical (unpaired) electrons. The van der Waals surface area contributed by atoms with Crippen molar-refractivity contribution in [2.24, 2.45) is 0 Å². The third-order valence-electron chi connectivity index (χ3n) is 4.13. The number of benzene rings is 1. The van der Waals surface area contributed by atoms with E-state index < -0.39 is 0 Å². The van der Waals surface area contributed by atoms with Crippen molar-refractivity contribution in [2.45, 2.75) is 20.3 Å². The Morgan fingerprint density at radius 2 is 2.04 bits per heavy atom. The van der Waals surface area contributed by atoms with Gasteiger partial charge in [-0.2, -0.15) is 0 Å². The average Bonchev–Trinajstić information content (AvgIpc) is 3.14. The van der Waals surface area contributed by atoms with Gasteiger partial charge in [0, 0.05) is 31.4 Å². The van der Waals surface area contributed by atoms with E-state index in [0.29, 0.717) is 24.4 Å². The van der Waals surface area contributed by atoms with Gasteiger partial charge < -0.3 is 15.4 Å². The van der Waals surface area contributed by atoms with Gasteiger partial charge in [-0.05, 0) is 36.6 Å². The third-order valence-corrected chi connectivity index (χ3v) is 4.13. The summed E-state index contributed by atoms with van der Waals surface area (Å²) >= 11 is 0. The Labute approximate surface area is 162 Å². The fourth-order valence-corrected chi connectivity index (χ4v) is 2.74. The van der Waals surface area contributed by atoms with Crippen molar-refractivity contribution in [1.29, 1.82) is 0 Å². The van der Waals surface area contributed by atoms with Crippen LogP contribution in [0.2, 0.25) is 0 Å². The van der Waals surface area contributed by atoms with Crippen LogP contribution in [0.15, 0.2) is 42.7 Å². The largest absolute Gasteiger partial charge is 0.508 e. The van der Waals surface area contributed by atoms with E-state index in [0.717, 1.165) is 16.7 Å². The minimum absolute atomic E-state index is 0.211. The number of H-pyrrole nitrogens is 1. The highest BCUT2D eigenvalue weighted by molar-refractivity contribution is 5.94. The molecule has 28 heavy (non-hydrogen) atoms. The predicted octanol–water partition coefficient (Wildman–Crippen LogP) is 2.42. The van der Waals surface area contributed by atoms with Crippen LogP contribution in [0.4, 0.5) is 5.95 Å². The van der Waals surface area contributed by atoms with Crippen LogP contribution in [0.1, 0.15) is 28.5 Å². The maximum Gasteiger partial charge on any atom is 0.267 e. The number of rotatable bonds is 6.